The van der Waals surface area contributed by atoms with E-state index >= 15 is 0 Å². The molecule has 0 amide bonds. The Morgan fingerprint density at radius 2 is 2.38 bits per heavy atom. The summed E-state index contributed by atoms with van der Waals surface area (Å²) in [5, 5.41) is 0. The Bertz CT molecular complexity index is 367. The van der Waals surface area contributed by atoms with E-state index in [2.05, 4.69) is 0 Å². The third-order valence-electron chi connectivity index (χ3n) is 2.73. The third kappa shape index (κ3) is 2.08. The molecular formula is C12H15NO3. The first-order chi connectivity index (χ1) is 7.86. The van der Waals surface area contributed by atoms with Crippen molar-refractivity contribution in [1.29, 1.82) is 0 Å². The van der Waals surface area contributed by atoms with Crippen molar-refractivity contribution in [1.82, 2.24) is 4.90 Å². The van der Waals surface area contributed by atoms with E-state index in [1.54, 1.807) is 7.11 Å². The van der Waals surface area contributed by atoms with Gasteiger partial charge in [0.1, 0.15) is 18.8 Å². The Morgan fingerprint density at radius 3 is 3.12 bits per heavy atom. The molecule has 1 aliphatic heterocycles. The SMILES string of the molecule is COCCN1COc2ccccc2C1C=O. The van der Waals surface area contributed by atoms with Crippen LogP contribution in [-0.2, 0) is 9.53 Å². The van der Waals surface area contributed by atoms with Crippen LogP contribution in [-0.4, -0.2) is 38.2 Å². The minimum Gasteiger partial charge on any atom is -0.478 e. The average molecular weight is 221 g/mol. The molecule has 16 heavy (non-hydrogen) atoms. The van der Waals surface area contributed by atoms with Crippen LogP contribution in [0.1, 0.15) is 11.6 Å². The van der Waals surface area contributed by atoms with Crippen LogP contribution < -0.4 is 4.74 Å². The highest BCUT2D eigenvalue weighted by Gasteiger charge is 2.27. The van der Waals surface area contributed by atoms with E-state index in [4.69, 9.17) is 9.47 Å². The molecule has 0 aliphatic carbocycles. The molecule has 2 rings (SSSR count). The summed E-state index contributed by atoms with van der Waals surface area (Å²) in [4.78, 5) is 13.1. The molecule has 0 aromatic heterocycles. The fourth-order valence-electron chi connectivity index (χ4n) is 1.86. The molecule has 0 spiro atoms. The molecule has 86 valence electrons. The second-order valence-corrected chi connectivity index (χ2v) is 3.70. The van der Waals surface area contributed by atoms with Crippen LogP contribution in [0.5, 0.6) is 5.75 Å². The lowest BCUT2D eigenvalue weighted by Gasteiger charge is -2.33. The number of nitrogens with zero attached hydrogens (tertiary/aromatic N) is 1. The van der Waals surface area contributed by atoms with Gasteiger partial charge in [-0.3, -0.25) is 4.90 Å². The van der Waals surface area contributed by atoms with Gasteiger partial charge in [-0.2, -0.15) is 0 Å². The fourth-order valence-corrected chi connectivity index (χ4v) is 1.86. The lowest BCUT2D eigenvalue weighted by atomic mass is 10.0. The molecule has 0 bridgehead atoms. The quantitative estimate of drug-likeness (QED) is 0.717. The number of methoxy groups -OCH3 is 1. The molecule has 0 saturated carbocycles. The van der Waals surface area contributed by atoms with Crippen molar-refractivity contribution >= 4 is 6.29 Å². The zero-order valence-corrected chi connectivity index (χ0v) is 9.26. The standard InChI is InChI=1S/C12H15NO3/c1-15-7-6-13-9-16-12-5-3-2-4-10(12)11(13)8-14/h2-5,8,11H,6-7,9H2,1H3. The first-order valence-electron chi connectivity index (χ1n) is 5.27. The summed E-state index contributed by atoms with van der Waals surface area (Å²) in [5.74, 6) is 0.799. The summed E-state index contributed by atoms with van der Waals surface area (Å²) in [6.07, 6.45) is 0.955. The highest BCUT2D eigenvalue weighted by Crippen LogP contribution is 2.31. The monoisotopic (exact) mass is 221 g/mol. The van der Waals surface area contributed by atoms with Crippen molar-refractivity contribution in [3.8, 4) is 5.75 Å². The summed E-state index contributed by atoms with van der Waals surface area (Å²) < 4.78 is 10.6. The number of carbonyl (C=O) groups is 1. The fraction of sp³-hybridized carbons (Fsp3) is 0.417. The van der Waals surface area contributed by atoms with Gasteiger partial charge in [-0.1, -0.05) is 18.2 Å². The number of hydrogen-bond donors (Lipinski definition) is 0. The smallest absolute Gasteiger partial charge is 0.143 e. The molecule has 1 aromatic rings. The van der Waals surface area contributed by atoms with E-state index in [-0.39, 0.29) is 6.04 Å². The zero-order chi connectivity index (χ0) is 11.4. The molecule has 4 nitrogen and oxygen atoms in total. The topological polar surface area (TPSA) is 38.8 Å². The van der Waals surface area contributed by atoms with Gasteiger partial charge in [-0.15, -0.1) is 0 Å². The van der Waals surface area contributed by atoms with Crippen LogP contribution in [0.3, 0.4) is 0 Å². The van der Waals surface area contributed by atoms with Crippen molar-refractivity contribution in [3.05, 3.63) is 29.8 Å². The number of ether oxygens (including phenoxy) is 2. The molecule has 0 N–H and O–H groups in total. The van der Waals surface area contributed by atoms with Crippen molar-refractivity contribution < 1.29 is 14.3 Å². The maximum Gasteiger partial charge on any atom is 0.143 e. The van der Waals surface area contributed by atoms with Crippen LogP contribution in [0, 0.1) is 0 Å². The van der Waals surface area contributed by atoms with Gasteiger partial charge in [0.2, 0.25) is 0 Å². The number of benzene rings is 1. The van der Waals surface area contributed by atoms with Gasteiger partial charge < -0.3 is 14.3 Å². The molecule has 0 fully saturated rings. The molecule has 1 aromatic carbocycles. The van der Waals surface area contributed by atoms with E-state index in [1.807, 2.05) is 29.2 Å². The van der Waals surface area contributed by atoms with Crippen molar-refractivity contribution in [2.75, 3.05) is 27.0 Å². The van der Waals surface area contributed by atoms with E-state index in [9.17, 15) is 4.79 Å². The normalized spacial score (nSPS) is 19.9. The molecule has 1 atom stereocenters. The third-order valence-corrected chi connectivity index (χ3v) is 2.73. The van der Waals surface area contributed by atoms with Gasteiger partial charge in [0.15, 0.2) is 0 Å². The van der Waals surface area contributed by atoms with Gasteiger partial charge >= 0.3 is 0 Å². The molecule has 4 heteroatoms. The molecule has 0 saturated heterocycles. The Labute approximate surface area is 94.8 Å². The van der Waals surface area contributed by atoms with Crippen LogP contribution >= 0.6 is 0 Å². The summed E-state index contributed by atoms with van der Waals surface area (Å²) >= 11 is 0. The first kappa shape index (κ1) is 11.1. The van der Waals surface area contributed by atoms with Crippen molar-refractivity contribution in [3.63, 3.8) is 0 Å². The Balaban J connectivity index is 2.19. The maximum absolute atomic E-state index is 11.2. The molecule has 1 aliphatic rings. The van der Waals surface area contributed by atoms with Crippen LogP contribution in [0.2, 0.25) is 0 Å². The summed E-state index contributed by atoms with van der Waals surface area (Å²) in [5.41, 5.74) is 0.930. The minimum absolute atomic E-state index is 0.222. The highest BCUT2D eigenvalue weighted by atomic mass is 16.5. The number of hydrogen-bond acceptors (Lipinski definition) is 4. The van der Waals surface area contributed by atoms with Gasteiger partial charge in [0, 0.05) is 19.2 Å². The van der Waals surface area contributed by atoms with E-state index in [0.29, 0.717) is 19.9 Å². The zero-order valence-electron chi connectivity index (χ0n) is 9.26. The number of para-hydroxylation sites is 1. The lowest BCUT2D eigenvalue weighted by Crippen LogP contribution is -2.39. The van der Waals surface area contributed by atoms with Gasteiger partial charge in [-0.25, -0.2) is 0 Å². The van der Waals surface area contributed by atoms with Gasteiger partial charge in [-0.05, 0) is 6.07 Å². The summed E-state index contributed by atoms with van der Waals surface area (Å²) in [6.45, 7) is 1.72. The Hall–Kier alpha value is -1.39. The predicted molar refractivity (Wildman–Crippen MR) is 59.3 cm³/mol. The molecule has 1 heterocycles. The number of rotatable bonds is 4. The van der Waals surface area contributed by atoms with Gasteiger partial charge in [0.25, 0.3) is 0 Å². The van der Waals surface area contributed by atoms with Crippen LogP contribution in [0.25, 0.3) is 0 Å². The van der Waals surface area contributed by atoms with E-state index < -0.39 is 0 Å². The van der Waals surface area contributed by atoms with E-state index in [0.717, 1.165) is 17.6 Å². The predicted octanol–water partition coefficient (Wildman–Crippen LogP) is 1.22. The second kappa shape index (κ2) is 5.09. The number of aldehydes is 1. The summed E-state index contributed by atoms with van der Waals surface area (Å²) in [7, 11) is 1.65. The van der Waals surface area contributed by atoms with Crippen LogP contribution in [0.4, 0.5) is 0 Å². The Morgan fingerprint density at radius 1 is 1.56 bits per heavy atom. The maximum atomic E-state index is 11.2. The molecular weight excluding hydrogens is 206 g/mol. The largest absolute Gasteiger partial charge is 0.478 e. The summed E-state index contributed by atoms with van der Waals surface area (Å²) in [6, 6.07) is 7.41. The first-order valence-corrected chi connectivity index (χ1v) is 5.27. The average Bonchev–Trinajstić information content (AvgIpc) is 2.35. The second-order valence-electron chi connectivity index (χ2n) is 3.70. The van der Waals surface area contributed by atoms with E-state index in [1.165, 1.54) is 0 Å². The lowest BCUT2D eigenvalue weighted by molar-refractivity contribution is -0.115. The molecule has 0 radical (unpaired) electrons. The van der Waals surface area contributed by atoms with Crippen molar-refractivity contribution in [2.24, 2.45) is 0 Å². The number of fused-ring (bicyclic) bond motifs is 1. The minimum atomic E-state index is -0.222. The Kier molecular flexibility index (Phi) is 3.54. The van der Waals surface area contributed by atoms with Gasteiger partial charge in [0.05, 0.1) is 12.6 Å². The number of carbonyl (C=O) groups excluding carboxylic acids is 1. The molecule has 1 unspecified atom stereocenters. The highest BCUT2D eigenvalue weighted by molar-refractivity contribution is 5.64. The van der Waals surface area contributed by atoms with Crippen molar-refractivity contribution in [2.45, 2.75) is 6.04 Å². The van der Waals surface area contributed by atoms with Crippen LogP contribution in [0.15, 0.2) is 24.3 Å².